The molecule has 1 aromatic heterocycles. The minimum atomic E-state index is 0.344. The van der Waals surface area contributed by atoms with Gasteiger partial charge in [0.2, 0.25) is 0 Å². The summed E-state index contributed by atoms with van der Waals surface area (Å²) in [5.74, 6) is 0.866. The second kappa shape index (κ2) is 7.76. The maximum absolute atomic E-state index is 10.1. The van der Waals surface area contributed by atoms with Gasteiger partial charge >= 0.3 is 0 Å². The Bertz CT molecular complexity index is 999. The quantitative estimate of drug-likeness (QED) is 0.708. The summed E-state index contributed by atoms with van der Waals surface area (Å²) in [6.45, 7) is 8.10. The number of rotatable bonds is 3. The number of anilines is 2. The zero-order valence-corrected chi connectivity index (χ0v) is 17.3. The summed E-state index contributed by atoms with van der Waals surface area (Å²) in [5.41, 5.74) is 13.2. The molecular weight excluding hydrogens is 360 g/mol. The molecule has 29 heavy (non-hydrogen) atoms. The molecule has 0 spiro atoms. The summed E-state index contributed by atoms with van der Waals surface area (Å²) in [6, 6.07) is 14.6. The molecule has 5 nitrogen and oxygen atoms in total. The molecule has 1 aliphatic rings. The summed E-state index contributed by atoms with van der Waals surface area (Å²) in [6.07, 6.45) is 1.79. The minimum absolute atomic E-state index is 0.344. The summed E-state index contributed by atoms with van der Waals surface area (Å²) >= 11 is 0. The van der Waals surface area contributed by atoms with Crippen LogP contribution in [-0.4, -0.2) is 48.2 Å². The second-order valence-corrected chi connectivity index (χ2v) is 7.95. The maximum atomic E-state index is 10.1. The average molecular weight is 389 g/mol. The molecule has 0 saturated carbocycles. The lowest BCUT2D eigenvalue weighted by atomic mass is 9.97. The van der Waals surface area contributed by atoms with E-state index in [9.17, 15) is 5.11 Å². The number of hydrogen-bond acceptors (Lipinski definition) is 5. The molecule has 0 unspecified atom stereocenters. The van der Waals surface area contributed by atoms with E-state index < -0.39 is 0 Å². The van der Waals surface area contributed by atoms with Gasteiger partial charge < -0.3 is 20.6 Å². The molecular formula is C24H28N4O. The number of piperazine rings is 1. The number of hydrogen-bond donors (Lipinski definition) is 2. The van der Waals surface area contributed by atoms with E-state index in [1.54, 1.807) is 6.20 Å². The van der Waals surface area contributed by atoms with Gasteiger partial charge in [-0.25, -0.2) is 4.98 Å². The van der Waals surface area contributed by atoms with Crippen LogP contribution >= 0.6 is 0 Å². The molecule has 0 amide bonds. The van der Waals surface area contributed by atoms with Crippen molar-refractivity contribution in [1.82, 2.24) is 9.88 Å². The minimum Gasteiger partial charge on any atom is -0.507 e. The van der Waals surface area contributed by atoms with Gasteiger partial charge in [-0.3, -0.25) is 0 Å². The number of pyridine rings is 1. The van der Waals surface area contributed by atoms with Crippen molar-refractivity contribution < 1.29 is 5.11 Å². The monoisotopic (exact) mass is 388 g/mol. The number of aromatic hydroxyl groups is 1. The molecule has 3 N–H and O–H groups in total. The van der Waals surface area contributed by atoms with E-state index in [2.05, 4.69) is 52.2 Å². The fourth-order valence-electron chi connectivity index (χ4n) is 3.90. The van der Waals surface area contributed by atoms with Crippen LogP contribution in [0.1, 0.15) is 11.1 Å². The molecule has 4 rings (SSSR count). The predicted molar refractivity (Wildman–Crippen MR) is 120 cm³/mol. The molecule has 0 radical (unpaired) electrons. The van der Waals surface area contributed by atoms with E-state index in [1.165, 1.54) is 5.69 Å². The first-order valence-corrected chi connectivity index (χ1v) is 10.0. The highest BCUT2D eigenvalue weighted by atomic mass is 16.3. The van der Waals surface area contributed by atoms with Crippen LogP contribution in [0.5, 0.6) is 5.75 Å². The zero-order valence-electron chi connectivity index (χ0n) is 17.3. The Labute approximate surface area is 172 Å². The molecule has 1 fully saturated rings. The van der Waals surface area contributed by atoms with Gasteiger partial charge in [0.05, 0.1) is 0 Å². The first-order valence-electron chi connectivity index (χ1n) is 10.0. The molecule has 2 aromatic carbocycles. The second-order valence-electron chi connectivity index (χ2n) is 7.95. The van der Waals surface area contributed by atoms with E-state index in [4.69, 9.17) is 5.73 Å². The van der Waals surface area contributed by atoms with Gasteiger partial charge in [-0.2, -0.15) is 0 Å². The summed E-state index contributed by atoms with van der Waals surface area (Å²) in [7, 11) is 2.17. The lowest BCUT2D eigenvalue weighted by Crippen LogP contribution is -2.44. The summed E-state index contributed by atoms with van der Waals surface area (Å²) < 4.78 is 0. The first kappa shape index (κ1) is 19.3. The number of phenolic OH excluding ortho intramolecular Hbond substituents is 1. The van der Waals surface area contributed by atoms with Crippen molar-refractivity contribution in [3.8, 4) is 28.0 Å². The van der Waals surface area contributed by atoms with E-state index in [0.29, 0.717) is 11.6 Å². The number of nitrogens with zero attached hydrogens (tertiary/aromatic N) is 3. The van der Waals surface area contributed by atoms with Gasteiger partial charge in [0.1, 0.15) is 11.6 Å². The molecule has 0 bridgehead atoms. The molecule has 0 aliphatic carbocycles. The lowest BCUT2D eigenvalue weighted by molar-refractivity contribution is 0.313. The highest BCUT2D eigenvalue weighted by molar-refractivity contribution is 5.80. The first-order chi connectivity index (χ1) is 13.9. The molecule has 0 atom stereocenters. The Hall–Kier alpha value is -3.05. The van der Waals surface area contributed by atoms with Crippen LogP contribution in [0.4, 0.5) is 11.5 Å². The van der Waals surface area contributed by atoms with E-state index >= 15 is 0 Å². The SMILES string of the molecule is Cc1cc(-c2cnc(N)c(-c3ccc(N4CCN(C)CC4)cc3)c2)cc(C)c1O. The van der Waals surface area contributed by atoms with Crippen LogP contribution in [-0.2, 0) is 0 Å². The fourth-order valence-corrected chi connectivity index (χ4v) is 3.90. The van der Waals surface area contributed by atoms with Gasteiger partial charge in [0.25, 0.3) is 0 Å². The van der Waals surface area contributed by atoms with Crippen molar-refractivity contribution in [2.45, 2.75) is 13.8 Å². The Kier molecular flexibility index (Phi) is 5.16. The van der Waals surface area contributed by atoms with E-state index in [-0.39, 0.29) is 0 Å². The lowest BCUT2D eigenvalue weighted by Gasteiger charge is -2.34. The fraction of sp³-hybridized carbons (Fsp3) is 0.292. The van der Waals surface area contributed by atoms with Crippen molar-refractivity contribution in [2.75, 3.05) is 43.9 Å². The van der Waals surface area contributed by atoms with Crippen LogP contribution < -0.4 is 10.6 Å². The van der Waals surface area contributed by atoms with Gasteiger partial charge in [-0.1, -0.05) is 12.1 Å². The van der Waals surface area contributed by atoms with Crippen LogP contribution in [0.25, 0.3) is 22.3 Å². The van der Waals surface area contributed by atoms with Crippen LogP contribution in [0, 0.1) is 13.8 Å². The molecule has 150 valence electrons. The summed E-state index contributed by atoms with van der Waals surface area (Å²) in [4.78, 5) is 9.21. The van der Waals surface area contributed by atoms with Gasteiger partial charge in [-0.15, -0.1) is 0 Å². The topological polar surface area (TPSA) is 65.6 Å². The third-order valence-corrected chi connectivity index (χ3v) is 5.79. The molecule has 1 saturated heterocycles. The van der Waals surface area contributed by atoms with Crippen molar-refractivity contribution in [3.05, 3.63) is 59.8 Å². The number of nitrogen functional groups attached to an aromatic ring is 1. The van der Waals surface area contributed by atoms with E-state index in [0.717, 1.165) is 59.6 Å². The average Bonchev–Trinajstić information content (AvgIpc) is 2.73. The third kappa shape index (κ3) is 3.91. The molecule has 3 aromatic rings. The zero-order chi connectivity index (χ0) is 20.5. The van der Waals surface area contributed by atoms with E-state index in [1.807, 2.05) is 26.0 Å². The normalized spacial score (nSPS) is 14.9. The number of aromatic nitrogens is 1. The van der Waals surface area contributed by atoms with Crippen molar-refractivity contribution in [3.63, 3.8) is 0 Å². The van der Waals surface area contributed by atoms with Crippen molar-refractivity contribution in [2.24, 2.45) is 0 Å². The van der Waals surface area contributed by atoms with Crippen LogP contribution in [0.2, 0.25) is 0 Å². The molecule has 2 heterocycles. The number of likely N-dealkylation sites (N-methyl/N-ethyl adjacent to an activating group) is 1. The van der Waals surface area contributed by atoms with Gasteiger partial charge in [0, 0.05) is 49.2 Å². The highest BCUT2D eigenvalue weighted by Crippen LogP contribution is 2.33. The highest BCUT2D eigenvalue weighted by Gasteiger charge is 2.15. The van der Waals surface area contributed by atoms with Gasteiger partial charge in [0.15, 0.2) is 0 Å². The Morgan fingerprint density at radius 3 is 2.10 bits per heavy atom. The van der Waals surface area contributed by atoms with Crippen molar-refractivity contribution in [1.29, 1.82) is 0 Å². The third-order valence-electron chi connectivity index (χ3n) is 5.79. The van der Waals surface area contributed by atoms with Crippen LogP contribution in [0.15, 0.2) is 48.7 Å². The largest absolute Gasteiger partial charge is 0.507 e. The number of aryl methyl sites for hydroxylation is 2. The Morgan fingerprint density at radius 2 is 1.48 bits per heavy atom. The van der Waals surface area contributed by atoms with Crippen molar-refractivity contribution >= 4 is 11.5 Å². The maximum Gasteiger partial charge on any atom is 0.131 e. The van der Waals surface area contributed by atoms with Crippen LogP contribution in [0.3, 0.4) is 0 Å². The Morgan fingerprint density at radius 1 is 0.862 bits per heavy atom. The smallest absolute Gasteiger partial charge is 0.131 e. The standard InChI is InChI=1S/C24H28N4O/c1-16-12-19(13-17(2)23(16)29)20-14-22(24(25)26-15-20)18-4-6-21(7-5-18)28-10-8-27(3)9-11-28/h4-7,12-15,29H,8-11H2,1-3H3,(H2,25,26). The number of nitrogens with two attached hydrogens (primary N) is 1. The number of phenols is 1. The molecule has 1 aliphatic heterocycles. The summed E-state index contributed by atoms with van der Waals surface area (Å²) in [5, 5.41) is 10.1. The Balaban J connectivity index is 1.64. The molecule has 5 heteroatoms. The predicted octanol–water partition coefficient (Wildman–Crippen LogP) is 4.07. The van der Waals surface area contributed by atoms with Gasteiger partial charge in [-0.05, 0) is 73.5 Å². The number of benzene rings is 2.